The van der Waals surface area contributed by atoms with Crippen molar-refractivity contribution in [1.29, 1.82) is 0 Å². The first kappa shape index (κ1) is 19.9. The Balaban J connectivity index is 1.98. The Hall–Kier alpha value is -2.42. The van der Waals surface area contributed by atoms with Gasteiger partial charge >= 0.3 is 0 Å². The zero-order valence-corrected chi connectivity index (χ0v) is 15.8. The predicted octanol–water partition coefficient (Wildman–Crippen LogP) is 2.12. The third-order valence-electron chi connectivity index (χ3n) is 3.43. The topological polar surface area (TPSA) is 88.1 Å². The SMILES string of the molecule is COc1ccc(S(=O)(=O)N(C)CC(=O)N/N=C\c2ccccc2Cl)cc1. The monoisotopic (exact) mass is 395 g/mol. The molecule has 2 aromatic carbocycles. The smallest absolute Gasteiger partial charge is 0.255 e. The second kappa shape index (κ2) is 8.79. The molecular formula is C17H18ClN3O4S. The predicted molar refractivity (Wildman–Crippen MR) is 100.0 cm³/mol. The van der Waals surface area contributed by atoms with Gasteiger partial charge < -0.3 is 4.74 Å². The maximum atomic E-state index is 12.5. The van der Waals surface area contributed by atoms with Crippen LogP contribution in [0.5, 0.6) is 5.75 Å². The number of hydrogen-bond donors (Lipinski definition) is 1. The number of halogens is 1. The van der Waals surface area contributed by atoms with Crippen LogP contribution in [0, 0.1) is 0 Å². The number of hydrogen-bond acceptors (Lipinski definition) is 5. The molecule has 1 N–H and O–H groups in total. The highest BCUT2D eigenvalue weighted by atomic mass is 35.5. The molecule has 7 nitrogen and oxygen atoms in total. The highest BCUT2D eigenvalue weighted by molar-refractivity contribution is 7.89. The van der Waals surface area contributed by atoms with Crippen molar-refractivity contribution in [3.8, 4) is 5.75 Å². The minimum atomic E-state index is -3.80. The fourth-order valence-corrected chi connectivity index (χ4v) is 3.32. The molecule has 2 aromatic rings. The third kappa shape index (κ3) is 5.04. The molecule has 2 rings (SSSR count). The molecule has 0 aliphatic rings. The summed E-state index contributed by atoms with van der Waals surface area (Å²) < 4.78 is 30.9. The van der Waals surface area contributed by atoms with E-state index < -0.39 is 15.9 Å². The molecule has 0 bridgehead atoms. The summed E-state index contributed by atoms with van der Waals surface area (Å²) in [7, 11) is -0.993. The Morgan fingerprint density at radius 2 is 1.88 bits per heavy atom. The van der Waals surface area contributed by atoms with E-state index in [9.17, 15) is 13.2 Å². The number of amides is 1. The first-order valence-electron chi connectivity index (χ1n) is 7.51. The van der Waals surface area contributed by atoms with Crippen LogP contribution in [0.2, 0.25) is 5.02 Å². The Bertz CT molecular complexity index is 898. The number of nitrogens with zero attached hydrogens (tertiary/aromatic N) is 2. The van der Waals surface area contributed by atoms with E-state index in [1.807, 2.05) is 0 Å². The maximum absolute atomic E-state index is 12.5. The van der Waals surface area contributed by atoms with Gasteiger partial charge in [-0.25, -0.2) is 13.8 Å². The molecule has 0 heterocycles. The first-order chi connectivity index (χ1) is 12.3. The number of methoxy groups -OCH3 is 1. The van der Waals surface area contributed by atoms with Gasteiger partial charge in [-0.3, -0.25) is 4.79 Å². The lowest BCUT2D eigenvalue weighted by Gasteiger charge is -2.16. The molecule has 0 spiro atoms. The van der Waals surface area contributed by atoms with Crippen molar-refractivity contribution in [2.24, 2.45) is 5.10 Å². The summed E-state index contributed by atoms with van der Waals surface area (Å²) in [6.45, 7) is -0.381. The van der Waals surface area contributed by atoms with E-state index in [-0.39, 0.29) is 11.4 Å². The van der Waals surface area contributed by atoms with Gasteiger partial charge in [-0.15, -0.1) is 0 Å². The summed E-state index contributed by atoms with van der Waals surface area (Å²) in [5, 5.41) is 4.28. The molecular weight excluding hydrogens is 378 g/mol. The van der Waals surface area contributed by atoms with Crippen molar-refractivity contribution >= 4 is 33.7 Å². The van der Waals surface area contributed by atoms with Gasteiger partial charge in [-0.1, -0.05) is 29.8 Å². The van der Waals surface area contributed by atoms with E-state index in [4.69, 9.17) is 16.3 Å². The molecule has 0 atom stereocenters. The summed E-state index contributed by atoms with van der Waals surface area (Å²) in [5.74, 6) is -0.0360. The van der Waals surface area contributed by atoms with Crippen LogP contribution in [0.3, 0.4) is 0 Å². The number of ether oxygens (including phenoxy) is 1. The molecule has 0 saturated heterocycles. The zero-order chi connectivity index (χ0) is 19.2. The van der Waals surface area contributed by atoms with E-state index in [0.717, 1.165) is 4.31 Å². The molecule has 0 fully saturated rings. The van der Waals surface area contributed by atoms with Gasteiger partial charge in [0.25, 0.3) is 5.91 Å². The normalized spacial score (nSPS) is 11.7. The van der Waals surface area contributed by atoms with Crippen molar-refractivity contribution in [3.05, 3.63) is 59.1 Å². The Labute approximate surface area is 157 Å². The molecule has 26 heavy (non-hydrogen) atoms. The molecule has 1 amide bonds. The lowest BCUT2D eigenvalue weighted by atomic mass is 10.2. The number of carbonyl (C=O) groups excluding carboxylic acids is 1. The van der Waals surface area contributed by atoms with Crippen LogP contribution in [-0.2, 0) is 14.8 Å². The van der Waals surface area contributed by atoms with Crippen LogP contribution in [0.1, 0.15) is 5.56 Å². The summed E-state index contributed by atoms with van der Waals surface area (Å²) in [5.41, 5.74) is 2.91. The summed E-state index contributed by atoms with van der Waals surface area (Å²) in [6.07, 6.45) is 1.39. The average Bonchev–Trinajstić information content (AvgIpc) is 2.63. The van der Waals surface area contributed by atoms with Crippen molar-refractivity contribution in [1.82, 2.24) is 9.73 Å². The van der Waals surface area contributed by atoms with Gasteiger partial charge in [0, 0.05) is 17.6 Å². The van der Waals surface area contributed by atoms with Crippen molar-refractivity contribution in [3.63, 3.8) is 0 Å². The number of rotatable bonds is 7. The van der Waals surface area contributed by atoms with Crippen LogP contribution < -0.4 is 10.2 Å². The van der Waals surface area contributed by atoms with Gasteiger partial charge in [0.15, 0.2) is 0 Å². The second-order valence-corrected chi connectivity index (χ2v) is 7.70. The van der Waals surface area contributed by atoms with Crippen LogP contribution >= 0.6 is 11.6 Å². The van der Waals surface area contributed by atoms with Crippen LogP contribution in [0.15, 0.2) is 58.5 Å². The highest BCUT2D eigenvalue weighted by Crippen LogP contribution is 2.18. The van der Waals surface area contributed by atoms with Gasteiger partial charge in [-0.2, -0.15) is 9.41 Å². The number of sulfonamides is 1. The fraction of sp³-hybridized carbons (Fsp3) is 0.176. The van der Waals surface area contributed by atoms with Crippen LogP contribution in [0.25, 0.3) is 0 Å². The van der Waals surface area contributed by atoms with E-state index in [1.165, 1.54) is 44.6 Å². The molecule has 0 unspecified atom stereocenters. The Kier molecular flexibility index (Phi) is 6.73. The standard InChI is InChI=1S/C17H18ClN3O4S/c1-21(26(23,24)15-9-7-14(25-2)8-10-15)12-17(22)20-19-11-13-5-3-4-6-16(13)18/h3-11H,12H2,1-2H3,(H,20,22)/b19-11-. The second-order valence-electron chi connectivity index (χ2n) is 5.25. The van der Waals surface area contributed by atoms with E-state index in [0.29, 0.717) is 16.3 Å². The van der Waals surface area contributed by atoms with Gasteiger partial charge in [0.05, 0.1) is 24.8 Å². The third-order valence-corrected chi connectivity index (χ3v) is 5.59. The van der Waals surface area contributed by atoms with Crippen molar-refractivity contribution in [2.75, 3.05) is 20.7 Å². The van der Waals surface area contributed by atoms with E-state index in [1.54, 1.807) is 24.3 Å². The highest BCUT2D eigenvalue weighted by Gasteiger charge is 2.22. The fourth-order valence-electron chi connectivity index (χ4n) is 2.00. The summed E-state index contributed by atoms with van der Waals surface area (Å²) >= 11 is 5.97. The van der Waals surface area contributed by atoms with Gasteiger partial charge in [-0.05, 0) is 30.3 Å². The number of hydrazone groups is 1. The average molecular weight is 396 g/mol. The summed E-state index contributed by atoms with van der Waals surface area (Å²) in [4.78, 5) is 12.0. The molecule has 9 heteroatoms. The Morgan fingerprint density at radius 3 is 2.50 bits per heavy atom. The lowest BCUT2D eigenvalue weighted by molar-refractivity contribution is -0.121. The molecule has 138 valence electrons. The number of likely N-dealkylation sites (N-methyl/N-ethyl adjacent to an activating group) is 1. The zero-order valence-electron chi connectivity index (χ0n) is 14.2. The molecule has 0 aliphatic heterocycles. The molecule has 0 radical (unpaired) electrons. The van der Waals surface area contributed by atoms with Crippen LogP contribution in [-0.4, -0.2) is 45.5 Å². The molecule has 0 saturated carbocycles. The first-order valence-corrected chi connectivity index (χ1v) is 9.33. The maximum Gasteiger partial charge on any atom is 0.255 e. The lowest BCUT2D eigenvalue weighted by Crippen LogP contribution is -2.36. The molecule has 0 aliphatic carbocycles. The minimum absolute atomic E-state index is 0.0631. The number of benzene rings is 2. The minimum Gasteiger partial charge on any atom is -0.497 e. The number of nitrogens with one attached hydrogen (secondary N) is 1. The molecule has 0 aromatic heterocycles. The van der Waals surface area contributed by atoms with Gasteiger partial charge in [0.2, 0.25) is 10.0 Å². The van der Waals surface area contributed by atoms with Crippen LogP contribution in [0.4, 0.5) is 0 Å². The Morgan fingerprint density at radius 1 is 1.23 bits per heavy atom. The number of carbonyl (C=O) groups is 1. The summed E-state index contributed by atoms with van der Waals surface area (Å²) in [6, 6.07) is 12.9. The van der Waals surface area contributed by atoms with E-state index >= 15 is 0 Å². The van der Waals surface area contributed by atoms with Crippen molar-refractivity contribution in [2.45, 2.75) is 4.90 Å². The van der Waals surface area contributed by atoms with Crippen molar-refractivity contribution < 1.29 is 17.9 Å². The quantitative estimate of drug-likeness (QED) is 0.574. The van der Waals surface area contributed by atoms with E-state index in [2.05, 4.69) is 10.5 Å². The largest absolute Gasteiger partial charge is 0.497 e. The van der Waals surface area contributed by atoms with Gasteiger partial charge in [0.1, 0.15) is 5.75 Å².